The summed E-state index contributed by atoms with van der Waals surface area (Å²) in [5.74, 6) is 0.795. The molecular weight excluding hydrogens is 332 g/mol. The molecule has 0 radical (unpaired) electrons. The number of nitrogens with zero attached hydrogens (tertiary/aromatic N) is 7. The maximum atomic E-state index is 13.1. The Morgan fingerprint density at radius 1 is 1.35 bits per heavy atom. The molecule has 1 N–H and O–H groups in total. The van der Waals surface area contributed by atoms with Gasteiger partial charge in [-0.05, 0) is 19.9 Å². The maximum Gasteiger partial charge on any atom is 0.276 e. The molecule has 0 aromatic carbocycles. The number of amides is 1. The Morgan fingerprint density at radius 3 is 2.92 bits per heavy atom. The fourth-order valence-electron chi connectivity index (χ4n) is 3.77. The van der Waals surface area contributed by atoms with Gasteiger partial charge in [-0.1, -0.05) is 5.21 Å². The van der Waals surface area contributed by atoms with Crippen molar-refractivity contribution in [3.63, 3.8) is 0 Å². The molecule has 1 unspecified atom stereocenters. The highest BCUT2D eigenvalue weighted by molar-refractivity contribution is 5.93. The van der Waals surface area contributed by atoms with Gasteiger partial charge in [0, 0.05) is 39.2 Å². The molecule has 0 aliphatic carbocycles. The van der Waals surface area contributed by atoms with Crippen molar-refractivity contribution in [3.05, 3.63) is 29.0 Å². The monoisotopic (exact) mass is 356 g/mol. The first-order valence-corrected chi connectivity index (χ1v) is 8.98. The minimum absolute atomic E-state index is 0.0704. The fourth-order valence-corrected chi connectivity index (χ4v) is 3.77. The molecule has 1 amide bonds. The van der Waals surface area contributed by atoms with Crippen molar-refractivity contribution in [2.45, 2.75) is 32.4 Å². The molecule has 2 aliphatic rings. The third-order valence-electron chi connectivity index (χ3n) is 5.20. The second-order valence-corrected chi connectivity index (χ2v) is 7.11. The Kier molecular flexibility index (Phi) is 4.31. The number of nitrogens with one attached hydrogen (secondary N) is 1. The van der Waals surface area contributed by atoms with E-state index in [2.05, 4.69) is 25.6 Å². The van der Waals surface area contributed by atoms with Gasteiger partial charge in [-0.15, -0.1) is 5.10 Å². The number of carbonyl (C=O) groups excluding carboxylic acids is 1. The van der Waals surface area contributed by atoms with Crippen LogP contribution in [0.4, 0.5) is 5.82 Å². The van der Waals surface area contributed by atoms with E-state index in [9.17, 15) is 4.79 Å². The van der Waals surface area contributed by atoms with Crippen LogP contribution in [0, 0.1) is 6.92 Å². The van der Waals surface area contributed by atoms with Crippen LogP contribution in [0.15, 0.2) is 6.33 Å². The number of aromatic nitrogens is 5. The zero-order valence-electron chi connectivity index (χ0n) is 15.4. The lowest BCUT2D eigenvalue weighted by atomic mass is 10.1. The van der Waals surface area contributed by atoms with E-state index >= 15 is 0 Å². The lowest BCUT2D eigenvalue weighted by Crippen LogP contribution is -2.38. The summed E-state index contributed by atoms with van der Waals surface area (Å²) in [7, 11) is 3.91. The van der Waals surface area contributed by atoms with Gasteiger partial charge in [0.2, 0.25) is 0 Å². The van der Waals surface area contributed by atoms with Crippen LogP contribution in [-0.4, -0.2) is 69.5 Å². The van der Waals surface area contributed by atoms with E-state index in [1.807, 2.05) is 35.5 Å². The number of carbonyl (C=O) groups is 1. The van der Waals surface area contributed by atoms with E-state index in [1.54, 1.807) is 6.33 Å². The number of anilines is 1. The molecule has 2 aromatic rings. The molecule has 1 fully saturated rings. The molecule has 9 nitrogen and oxygen atoms in total. The average Bonchev–Trinajstić information content (AvgIpc) is 3.29. The first kappa shape index (κ1) is 16.9. The summed E-state index contributed by atoms with van der Waals surface area (Å²) in [5, 5.41) is 11.8. The highest BCUT2D eigenvalue weighted by atomic mass is 16.2. The highest BCUT2D eigenvalue weighted by Crippen LogP contribution is 2.26. The van der Waals surface area contributed by atoms with Crippen LogP contribution in [0.2, 0.25) is 0 Å². The Labute approximate surface area is 152 Å². The van der Waals surface area contributed by atoms with Crippen molar-refractivity contribution in [3.8, 4) is 0 Å². The smallest absolute Gasteiger partial charge is 0.276 e. The zero-order valence-corrected chi connectivity index (χ0v) is 15.4. The minimum Gasteiger partial charge on any atom is -0.362 e. The molecule has 0 spiro atoms. The number of rotatable bonds is 3. The van der Waals surface area contributed by atoms with Gasteiger partial charge in [-0.2, -0.15) is 0 Å². The van der Waals surface area contributed by atoms with Crippen molar-refractivity contribution in [1.82, 2.24) is 35.2 Å². The van der Waals surface area contributed by atoms with Crippen LogP contribution in [-0.2, 0) is 13.0 Å². The van der Waals surface area contributed by atoms with Crippen LogP contribution in [0.3, 0.4) is 0 Å². The average molecular weight is 356 g/mol. The summed E-state index contributed by atoms with van der Waals surface area (Å²) < 4.78 is 1.89. The molecule has 26 heavy (non-hydrogen) atoms. The summed E-state index contributed by atoms with van der Waals surface area (Å²) in [4.78, 5) is 25.6. The zero-order chi connectivity index (χ0) is 18.3. The summed E-state index contributed by atoms with van der Waals surface area (Å²) in [6.45, 7) is 4.91. The molecule has 138 valence electrons. The third-order valence-corrected chi connectivity index (χ3v) is 5.20. The summed E-state index contributed by atoms with van der Waals surface area (Å²) in [5.41, 5.74) is 3.32. The lowest BCUT2D eigenvalue weighted by molar-refractivity contribution is 0.0726. The van der Waals surface area contributed by atoms with Crippen LogP contribution >= 0.6 is 0 Å². The molecular formula is C17H24N8O. The second-order valence-electron chi connectivity index (χ2n) is 7.11. The molecule has 2 aliphatic heterocycles. The Morgan fingerprint density at radius 2 is 2.19 bits per heavy atom. The minimum atomic E-state index is -0.0704. The Balaban J connectivity index is 1.59. The Bertz CT molecular complexity index is 824. The second kappa shape index (κ2) is 6.64. The van der Waals surface area contributed by atoms with Gasteiger partial charge in [-0.25, -0.2) is 14.6 Å². The van der Waals surface area contributed by atoms with Crippen LogP contribution in [0.25, 0.3) is 0 Å². The summed E-state index contributed by atoms with van der Waals surface area (Å²) >= 11 is 0. The molecule has 1 saturated heterocycles. The summed E-state index contributed by atoms with van der Waals surface area (Å²) in [6, 6.07) is 0.278. The van der Waals surface area contributed by atoms with Gasteiger partial charge in [0.05, 0.1) is 24.0 Å². The standard InChI is InChI=1S/C17H24N8O/c1-11-15(21-22-25(11)12-4-6-18-8-12)17(26)24-7-5-14-13(9-24)16(23(2)3)20-10-19-14/h10,12,18H,4-9H2,1-3H3. The maximum absolute atomic E-state index is 13.1. The topological polar surface area (TPSA) is 92.1 Å². The summed E-state index contributed by atoms with van der Waals surface area (Å²) in [6.07, 6.45) is 3.33. The first-order chi connectivity index (χ1) is 12.6. The molecule has 1 atom stereocenters. The van der Waals surface area contributed by atoms with E-state index in [0.717, 1.165) is 48.7 Å². The predicted octanol–water partition coefficient (Wildman–Crippen LogP) is 0.175. The first-order valence-electron chi connectivity index (χ1n) is 8.98. The van der Waals surface area contributed by atoms with Crippen molar-refractivity contribution < 1.29 is 4.79 Å². The number of hydrogen-bond acceptors (Lipinski definition) is 7. The Hall–Kier alpha value is -2.55. The van der Waals surface area contributed by atoms with Crippen molar-refractivity contribution >= 4 is 11.7 Å². The van der Waals surface area contributed by atoms with Gasteiger partial charge >= 0.3 is 0 Å². The van der Waals surface area contributed by atoms with Crippen molar-refractivity contribution in [1.29, 1.82) is 0 Å². The normalized spacial score (nSPS) is 19.5. The molecule has 9 heteroatoms. The fraction of sp³-hybridized carbons (Fsp3) is 0.588. The molecule has 0 bridgehead atoms. The predicted molar refractivity (Wildman–Crippen MR) is 96.1 cm³/mol. The van der Waals surface area contributed by atoms with Crippen molar-refractivity contribution in [2.75, 3.05) is 38.6 Å². The van der Waals surface area contributed by atoms with Gasteiger partial charge < -0.3 is 15.1 Å². The van der Waals surface area contributed by atoms with E-state index in [0.29, 0.717) is 18.8 Å². The number of hydrogen-bond donors (Lipinski definition) is 1. The lowest BCUT2D eigenvalue weighted by Gasteiger charge is -2.30. The quantitative estimate of drug-likeness (QED) is 0.838. The van der Waals surface area contributed by atoms with E-state index in [-0.39, 0.29) is 11.9 Å². The van der Waals surface area contributed by atoms with E-state index in [4.69, 9.17) is 0 Å². The largest absolute Gasteiger partial charge is 0.362 e. The molecule has 4 rings (SSSR count). The van der Waals surface area contributed by atoms with Crippen molar-refractivity contribution in [2.24, 2.45) is 0 Å². The third kappa shape index (κ3) is 2.82. The van der Waals surface area contributed by atoms with Crippen LogP contribution in [0.1, 0.15) is 39.9 Å². The van der Waals surface area contributed by atoms with Gasteiger partial charge in [0.15, 0.2) is 5.69 Å². The number of fused-ring (bicyclic) bond motifs is 1. The van der Waals surface area contributed by atoms with Crippen LogP contribution < -0.4 is 10.2 Å². The van der Waals surface area contributed by atoms with Gasteiger partial charge in [0.25, 0.3) is 5.91 Å². The van der Waals surface area contributed by atoms with Crippen LogP contribution in [0.5, 0.6) is 0 Å². The molecule has 0 saturated carbocycles. The highest BCUT2D eigenvalue weighted by Gasteiger charge is 2.30. The van der Waals surface area contributed by atoms with E-state index < -0.39 is 0 Å². The molecule has 4 heterocycles. The SMILES string of the molecule is Cc1c(C(=O)N2CCc3ncnc(N(C)C)c3C2)nnn1C1CCNC1. The van der Waals surface area contributed by atoms with Gasteiger partial charge in [0.1, 0.15) is 12.1 Å². The molecule has 2 aromatic heterocycles. The van der Waals surface area contributed by atoms with E-state index in [1.165, 1.54) is 0 Å². The van der Waals surface area contributed by atoms with Gasteiger partial charge in [-0.3, -0.25) is 4.79 Å².